The average molecular weight is 377 g/mol. The first-order valence-electron chi connectivity index (χ1n) is 8.31. The molecule has 0 unspecified atom stereocenters. The molecule has 1 heterocycles. The Morgan fingerprint density at radius 2 is 1.85 bits per heavy atom. The first-order valence-corrected chi connectivity index (χ1v) is 8.31. The predicted molar refractivity (Wildman–Crippen MR) is 94.4 cm³/mol. The fourth-order valence-corrected chi connectivity index (χ4v) is 2.90. The minimum atomic E-state index is -4.64. The zero-order valence-electron chi connectivity index (χ0n) is 14.6. The molecule has 142 valence electrons. The Morgan fingerprint density at radius 1 is 1.15 bits per heavy atom. The molecule has 0 aliphatic carbocycles. The van der Waals surface area contributed by atoms with E-state index in [1.54, 1.807) is 19.2 Å². The predicted octanol–water partition coefficient (Wildman–Crippen LogP) is 3.42. The van der Waals surface area contributed by atoms with Gasteiger partial charge < -0.3 is 14.6 Å². The molecule has 0 aliphatic heterocycles. The van der Waals surface area contributed by atoms with Gasteiger partial charge in [0.15, 0.2) is 0 Å². The normalized spacial score (nSPS) is 11.6. The van der Waals surface area contributed by atoms with Crippen LogP contribution >= 0.6 is 0 Å². The van der Waals surface area contributed by atoms with E-state index in [4.69, 9.17) is 4.74 Å². The van der Waals surface area contributed by atoms with E-state index in [1.165, 1.54) is 12.1 Å². The van der Waals surface area contributed by atoms with Crippen molar-refractivity contribution >= 4 is 16.9 Å². The molecule has 0 radical (unpaired) electrons. The van der Waals surface area contributed by atoms with Gasteiger partial charge >= 0.3 is 6.18 Å². The van der Waals surface area contributed by atoms with E-state index in [2.05, 4.69) is 10.3 Å². The third kappa shape index (κ3) is 4.21. The van der Waals surface area contributed by atoms with Crippen LogP contribution in [-0.2, 0) is 23.9 Å². The molecule has 1 aromatic heterocycles. The van der Waals surface area contributed by atoms with E-state index in [1.807, 2.05) is 24.3 Å². The summed E-state index contributed by atoms with van der Waals surface area (Å²) in [5.74, 6) is -0.895. The summed E-state index contributed by atoms with van der Waals surface area (Å²) in [6, 6.07) is 13.6. The maximum Gasteiger partial charge on any atom is 0.449 e. The third-order valence-electron chi connectivity index (χ3n) is 4.12. The molecule has 27 heavy (non-hydrogen) atoms. The molecule has 3 rings (SSSR count). The lowest BCUT2D eigenvalue weighted by Gasteiger charge is -2.12. The molecule has 1 N–H and O–H groups in total. The van der Waals surface area contributed by atoms with Crippen LogP contribution < -0.4 is 10.1 Å². The van der Waals surface area contributed by atoms with Crippen LogP contribution in [0.3, 0.4) is 0 Å². The van der Waals surface area contributed by atoms with Crippen molar-refractivity contribution in [3.05, 3.63) is 59.9 Å². The second kappa shape index (κ2) is 7.69. The van der Waals surface area contributed by atoms with Gasteiger partial charge in [-0.15, -0.1) is 0 Å². The van der Waals surface area contributed by atoms with Crippen LogP contribution in [0.4, 0.5) is 13.2 Å². The molecule has 0 saturated carbocycles. The molecule has 0 saturated heterocycles. The summed E-state index contributed by atoms with van der Waals surface area (Å²) in [7, 11) is 1.56. The van der Waals surface area contributed by atoms with Gasteiger partial charge in [-0.1, -0.05) is 30.3 Å². The Morgan fingerprint density at radius 3 is 2.59 bits per heavy atom. The number of carbonyl (C=O) groups is 1. The average Bonchev–Trinajstić information content (AvgIpc) is 3.01. The molecule has 3 aromatic rings. The third-order valence-corrected chi connectivity index (χ3v) is 4.12. The van der Waals surface area contributed by atoms with Crippen molar-refractivity contribution in [2.75, 3.05) is 13.7 Å². The van der Waals surface area contributed by atoms with Gasteiger partial charge in [-0.05, 0) is 30.2 Å². The smallest absolute Gasteiger partial charge is 0.449 e. The number of benzene rings is 2. The number of fused-ring (bicyclic) bond motifs is 1. The number of para-hydroxylation sites is 3. The number of halogens is 3. The van der Waals surface area contributed by atoms with Crippen LogP contribution in [0, 0.1) is 0 Å². The molecule has 0 fully saturated rings. The van der Waals surface area contributed by atoms with Gasteiger partial charge in [0.05, 0.1) is 18.1 Å². The van der Waals surface area contributed by atoms with Crippen LogP contribution in [-0.4, -0.2) is 29.1 Å². The topological polar surface area (TPSA) is 56.1 Å². The van der Waals surface area contributed by atoms with Crippen molar-refractivity contribution in [3.63, 3.8) is 0 Å². The minimum absolute atomic E-state index is 0.201. The number of hydrogen-bond acceptors (Lipinski definition) is 3. The second-order valence-corrected chi connectivity index (χ2v) is 5.92. The quantitative estimate of drug-likeness (QED) is 0.716. The number of nitrogens with one attached hydrogen (secondary N) is 1. The number of rotatable bonds is 6. The molecule has 8 heteroatoms. The monoisotopic (exact) mass is 377 g/mol. The molecule has 2 aromatic carbocycles. The second-order valence-electron chi connectivity index (χ2n) is 5.92. The van der Waals surface area contributed by atoms with Gasteiger partial charge in [-0.25, -0.2) is 4.98 Å². The SMILES string of the molecule is COc1ccccc1CCNC(=O)Cn1c(C(F)(F)F)nc2ccccc21. The summed E-state index contributed by atoms with van der Waals surface area (Å²) in [4.78, 5) is 15.8. The van der Waals surface area contributed by atoms with Crippen LogP contribution in [0.15, 0.2) is 48.5 Å². The number of hydrogen-bond donors (Lipinski definition) is 1. The number of aromatic nitrogens is 2. The Bertz CT molecular complexity index is 951. The molecule has 5 nitrogen and oxygen atoms in total. The first kappa shape index (κ1) is 18.8. The summed E-state index contributed by atoms with van der Waals surface area (Å²) in [5.41, 5.74) is 1.38. The van der Waals surface area contributed by atoms with Gasteiger partial charge in [0, 0.05) is 6.54 Å². The molecule has 1 amide bonds. The van der Waals surface area contributed by atoms with Gasteiger partial charge in [-0.3, -0.25) is 4.79 Å². The molecule has 0 aliphatic rings. The Labute approximate surface area is 153 Å². The van der Waals surface area contributed by atoms with Gasteiger partial charge in [-0.2, -0.15) is 13.2 Å². The van der Waals surface area contributed by atoms with E-state index < -0.39 is 24.5 Å². The van der Waals surface area contributed by atoms with E-state index in [0.717, 1.165) is 10.1 Å². The zero-order valence-corrected chi connectivity index (χ0v) is 14.6. The summed E-state index contributed by atoms with van der Waals surface area (Å²) in [6.45, 7) is -0.172. The molecule has 0 spiro atoms. The summed E-state index contributed by atoms with van der Waals surface area (Å²) in [6.07, 6.45) is -4.14. The minimum Gasteiger partial charge on any atom is -0.496 e. The lowest BCUT2D eigenvalue weighted by atomic mass is 10.1. The Hall–Kier alpha value is -3.03. The van der Waals surface area contributed by atoms with Crippen molar-refractivity contribution in [2.45, 2.75) is 19.1 Å². The highest BCUT2D eigenvalue weighted by Crippen LogP contribution is 2.31. The molecular formula is C19H18F3N3O2. The number of ether oxygens (including phenoxy) is 1. The summed E-state index contributed by atoms with van der Waals surface area (Å²) >= 11 is 0. The van der Waals surface area contributed by atoms with Crippen molar-refractivity contribution in [1.82, 2.24) is 14.9 Å². The Kier molecular flexibility index (Phi) is 5.34. The number of imidazole rings is 1. The van der Waals surface area contributed by atoms with Crippen molar-refractivity contribution < 1.29 is 22.7 Å². The molecule has 0 atom stereocenters. The number of carbonyl (C=O) groups excluding carboxylic acids is 1. The maximum absolute atomic E-state index is 13.3. The highest BCUT2D eigenvalue weighted by Gasteiger charge is 2.37. The van der Waals surface area contributed by atoms with Crippen LogP contribution in [0.5, 0.6) is 5.75 Å². The number of nitrogens with zero attached hydrogens (tertiary/aromatic N) is 2. The number of methoxy groups -OCH3 is 1. The van der Waals surface area contributed by atoms with Gasteiger partial charge in [0.2, 0.25) is 11.7 Å². The van der Waals surface area contributed by atoms with Gasteiger partial charge in [0.1, 0.15) is 12.3 Å². The highest BCUT2D eigenvalue weighted by atomic mass is 19.4. The summed E-state index contributed by atoms with van der Waals surface area (Å²) in [5, 5.41) is 2.65. The van der Waals surface area contributed by atoms with Crippen molar-refractivity contribution in [3.8, 4) is 5.75 Å². The Balaban J connectivity index is 1.71. The maximum atomic E-state index is 13.3. The van der Waals surface area contributed by atoms with Crippen molar-refractivity contribution in [2.24, 2.45) is 0 Å². The van der Waals surface area contributed by atoms with E-state index in [0.29, 0.717) is 12.2 Å². The van der Waals surface area contributed by atoms with Crippen LogP contribution in [0.25, 0.3) is 11.0 Å². The largest absolute Gasteiger partial charge is 0.496 e. The van der Waals surface area contributed by atoms with Crippen molar-refractivity contribution in [1.29, 1.82) is 0 Å². The van der Waals surface area contributed by atoms with Gasteiger partial charge in [0.25, 0.3) is 0 Å². The van der Waals surface area contributed by atoms with E-state index >= 15 is 0 Å². The number of amides is 1. The van der Waals surface area contributed by atoms with E-state index in [9.17, 15) is 18.0 Å². The number of alkyl halides is 3. The lowest BCUT2D eigenvalue weighted by Crippen LogP contribution is -2.31. The molecular weight excluding hydrogens is 359 g/mol. The fourth-order valence-electron chi connectivity index (χ4n) is 2.90. The standard InChI is InChI=1S/C19H18F3N3O2/c1-27-16-9-5-2-6-13(16)10-11-23-17(26)12-25-15-8-4-3-7-14(15)24-18(25)19(20,21)22/h2-9H,10-12H2,1H3,(H,23,26). The highest BCUT2D eigenvalue weighted by molar-refractivity contribution is 5.81. The van der Waals surface area contributed by atoms with Crippen LogP contribution in [0.2, 0.25) is 0 Å². The fraction of sp³-hybridized carbons (Fsp3) is 0.263. The van der Waals surface area contributed by atoms with Crippen LogP contribution in [0.1, 0.15) is 11.4 Å². The lowest BCUT2D eigenvalue weighted by molar-refractivity contribution is -0.147. The molecule has 0 bridgehead atoms. The van der Waals surface area contributed by atoms with E-state index in [-0.39, 0.29) is 17.6 Å². The summed E-state index contributed by atoms with van der Waals surface area (Å²) < 4.78 is 45.9. The zero-order chi connectivity index (χ0) is 19.4. The first-order chi connectivity index (χ1) is 12.9.